The lowest BCUT2D eigenvalue weighted by Gasteiger charge is -2.32. The van der Waals surface area contributed by atoms with Gasteiger partial charge in [-0.1, -0.05) is 5.16 Å². The molecule has 0 bridgehead atoms. The predicted molar refractivity (Wildman–Crippen MR) is 97.6 cm³/mol. The largest absolute Gasteiger partial charge is 0.348 e. The first-order valence-corrected chi connectivity index (χ1v) is 9.29. The van der Waals surface area contributed by atoms with Gasteiger partial charge in [0, 0.05) is 62.2 Å². The van der Waals surface area contributed by atoms with Crippen molar-refractivity contribution in [2.45, 2.75) is 38.0 Å². The molecule has 0 aromatic carbocycles. The number of rotatable bonds is 6. The van der Waals surface area contributed by atoms with E-state index < -0.39 is 0 Å². The zero-order valence-electron chi connectivity index (χ0n) is 15.0. The first-order valence-electron chi connectivity index (χ1n) is 9.29. The van der Waals surface area contributed by atoms with Crippen LogP contribution in [0.1, 0.15) is 43.3 Å². The minimum Gasteiger partial charge on any atom is -0.348 e. The Morgan fingerprint density at radius 3 is 3.00 bits per heavy atom. The molecule has 0 saturated carbocycles. The number of aromatic amines is 1. The molecule has 1 N–H and O–H groups in total. The van der Waals surface area contributed by atoms with Crippen LogP contribution in [-0.4, -0.2) is 49.0 Å². The summed E-state index contributed by atoms with van der Waals surface area (Å²) in [6.07, 6.45) is 10.8. The normalized spacial score (nSPS) is 17.2. The van der Waals surface area contributed by atoms with Gasteiger partial charge in [-0.2, -0.15) is 4.98 Å². The van der Waals surface area contributed by atoms with Crippen molar-refractivity contribution in [3.8, 4) is 11.4 Å². The Labute approximate surface area is 157 Å². The molecule has 1 amide bonds. The summed E-state index contributed by atoms with van der Waals surface area (Å²) in [5.41, 5.74) is 0.869. The molecule has 8 nitrogen and oxygen atoms in total. The SMILES string of the molecule is O=C(CCCc1nc(-c2ccncc2)no1)N1CCC[C@H](c2ncc[nH]2)C1. The molecular weight excluding hydrogens is 344 g/mol. The number of likely N-dealkylation sites (tertiary alicyclic amines) is 1. The Kier molecular flexibility index (Phi) is 5.22. The van der Waals surface area contributed by atoms with E-state index in [9.17, 15) is 4.79 Å². The summed E-state index contributed by atoms with van der Waals surface area (Å²) in [6, 6.07) is 3.67. The molecule has 4 rings (SSSR count). The third kappa shape index (κ3) is 4.21. The van der Waals surface area contributed by atoms with E-state index in [-0.39, 0.29) is 5.91 Å². The van der Waals surface area contributed by atoms with Crippen LogP contribution < -0.4 is 0 Å². The van der Waals surface area contributed by atoms with Crippen molar-refractivity contribution in [2.75, 3.05) is 13.1 Å². The van der Waals surface area contributed by atoms with Crippen LogP contribution in [-0.2, 0) is 11.2 Å². The van der Waals surface area contributed by atoms with Crippen LogP contribution in [0.25, 0.3) is 11.4 Å². The number of hydrogen-bond acceptors (Lipinski definition) is 6. The summed E-state index contributed by atoms with van der Waals surface area (Å²) in [7, 11) is 0. The number of H-pyrrole nitrogens is 1. The van der Waals surface area contributed by atoms with Gasteiger partial charge in [0.05, 0.1) is 0 Å². The summed E-state index contributed by atoms with van der Waals surface area (Å²) in [5.74, 6) is 2.57. The number of nitrogens with zero attached hydrogens (tertiary/aromatic N) is 5. The fourth-order valence-electron chi connectivity index (χ4n) is 3.45. The molecule has 3 aromatic rings. The Hall–Kier alpha value is -3.03. The van der Waals surface area contributed by atoms with Crippen LogP contribution in [0.3, 0.4) is 0 Å². The van der Waals surface area contributed by atoms with Gasteiger partial charge in [0.1, 0.15) is 5.82 Å². The van der Waals surface area contributed by atoms with Crippen LogP contribution in [0.5, 0.6) is 0 Å². The number of aromatic nitrogens is 5. The Balaban J connectivity index is 1.27. The van der Waals surface area contributed by atoms with E-state index in [2.05, 4.69) is 25.1 Å². The van der Waals surface area contributed by atoms with Gasteiger partial charge in [-0.25, -0.2) is 4.98 Å². The van der Waals surface area contributed by atoms with Gasteiger partial charge in [0.25, 0.3) is 0 Å². The van der Waals surface area contributed by atoms with Crippen molar-refractivity contribution in [3.63, 3.8) is 0 Å². The quantitative estimate of drug-likeness (QED) is 0.719. The summed E-state index contributed by atoms with van der Waals surface area (Å²) in [4.78, 5) is 30.4. The first kappa shape index (κ1) is 17.4. The maximum Gasteiger partial charge on any atom is 0.226 e. The van der Waals surface area contributed by atoms with Gasteiger partial charge in [-0.05, 0) is 31.4 Å². The number of nitrogens with one attached hydrogen (secondary N) is 1. The highest BCUT2D eigenvalue weighted by molar-refractivity contribution is 5.76. The van der Waals surface area contributed by atoms with E-state index in [1.807, 2.05) is 23.2 Å². The number of hydrogen-bond donors (Lipinski definition) is 1. The molecule has 1 atom stereocenters. The zero-order valence-corrected chi connectivity index (χ0v) is 15.0. The maximum atomic E-state index is 12.6. The minimum absolute atomic E-state index is 0.181. The lowest BCUT2D eigenvalue weighted by molar-refractivity contribution is -0.132. The molecule has 27 heavy (non-hydrogen) atoms. The molecule has 0 radical (unpaired) electrons. The zero-order chi connectivity index (χ0) is 18.5. The smallest absolute Gasteiger partial charge is 0.226 e. The summed E-state index contributed by atoms with van der Waals surface area (Å²) in [6.45, 7) is 1.56. The van der Waals surface area contributed by atoms with Crippen LogP contribution in [0.15, 0.2) is 41.4 Å². The molecule has 4 heterocycles. The number of aryl methyl sites for hydroxylation is 1. The number of carbonyl (C=O) groups excluding carboxylic acids is 1. The average Bonchev–Trinajstić information content (AvgIpc) is 3.41. The highest BCUT2D eigenvalue weighted by atomic mass is 16.5. The van der Waals surface area contributed by atoms with Gasteiger partial charge in [0.15, 0.2) is 0 Å². The number of pyridine rings is 1. The second kappa shape index (κ2) is 8.11. The average molecular weight is 366 g/mol. The van der Waals surface area contributed by atoms with Gasteiger partial charge in [0.2, 0.25) is 17.6 Å². The number of piperidine rings is 1. The topological polar surface area (TPSA) is 101 Å². The molecule has 0 aliphatic carbocycles. The molecule has 1 aliphatic heterocycles. The van der Waals surface area contributed by atoms with E-state index in [0.29, 0.717) is 36.9 Å². The number of imidazole rings is 1. The third-order valence-corrected chi connectivity index (χ3v) is 4.87. The second-order valence-corrected chi connectivity index (χ2v) is 6.75. The summed E-state index contributed by atoms with van der Waals surface area (Å²) in [5, 5.41) is 3.99. The van der Waals surface area contributed by atoms with Gasteiger partial charge in [-0.3, -0.25) is 9.78 Å². The lowest BCUT2D eigenvalue weighted by atomic mass is 9.97. The van der Waals surface area contributed by atoms with E-state index in [1.54, 1.807) is 18.6 Å². The molecule has 8 heteroatoms. The van der Waals surface area contributed by atoms with Crippen LogP contribution in [0.2, 0.25) is 0 Å². The molecule has 1 saturated heterocycles. The van der Waals surface area contributed by atoms with Crippen LogP contribution in [0.4, 0.5) is 0 Å². The number of amides is 1. The van der Waals surface area contributed by atoms with Gasteiger partial charge < -0.3 is 14.4 Å². The fraction of sp³-hybridized carbons (Fsp3) is 0.421. The van der Waals surface area contributed by atoms with E-state index in [0.717, 1.165) is 37.3 Å². The molecule has 140 valence electrons. The maximum absolute atomic E-state index is 12.6. The van der Waals surface area contributed by atoms with Crippen LogP contribution in [0, 0.1) is 0 Å². The lowest BCUT2D eigenvalue weighted by Crippen LogP contribution is -2.39. The van der Waals surface area contributed by atoms with Crippen molar-refractivity contribution >= 4 is 5.91 Å². The minimum atomic E-state index is 0.181. The Bertz CT molecular complexity index is 861. The standard InChI is InChI=1S/C19H22N6O2/c26-17(25-12-2-3-15(13-25)18-21-10-11-22-18)5-1-4-16-23-19(24-27-16)14-6-8-20-9-7-14/h6-11,15H,1-5,12-13H2,(H,21,22)/t15-/m0/s1. The van der Waals surface area contributed by atoms with E-state index >= 15 is 0 Å². The van der Waals surface area contributed by atoms with Crippen LogP contribution >= 0.6 is 0 Å². The van der Waals surface area contributed by atoms with Gasteiger partial charge >= 0.3 is 0 Å². The highest BCUT2D eigenvalue weighted by Crippen LogP contribution is 2.25. The van der Waals surface area contributed by atoms with E-state index in [1.165, 1.54) is 0 Å². The number of carbonyl (C=O) groups is 1. The fourth-order valence-corrected chi connectivity index (χ4v) is 3.45. The second-order valence-electron chi connectivity index (χ2n) is 6.75. The molecular formula is C19H22N6O2. The Morgan fingerprint density at radius 1 is 1.30 bits per heavy atom. The predicted octanol–water partition coefficient (Wildman–Crippen LogP) is 2.58. The van der Waals surface area contributed by atoms with Crippen molar-refractivity contribution in [1.82, 2.24) is 30.0 Å². The third-order valence-electron chi connectivity index (χ3n) is 4.87. The summed E-state index contributed by atoms with van der Waals surface area (Å²) < 4.78 is 5.29. The molecule has 0 unspecified atom stereocenters. The van der Waals surface area contributed by atoms with Crippen molar-refractivity contribution in [1.29, 1.82) is 0 Å². The van der Waals surface area contributed by atoms with Crippen molar-refractivity contribution in [2.24, 2.45) is 0 Å². The Morgan fingerprint density at radius 2 is 2.19 bits per heavy atom. The molecule has 3 aromatic heterocycles. The molecule has 0 spiro atoms. The van der Waals surface area contributed by atoms with Gasteiger partial charge in [-0.15, -0.1) is 0 Å². The first-order chi connectivity index (χ1) is 13.3. The summed E-state index contributed by atoms with van der Waals surface area (Å²) >= 11 is 0. The van der Waals surface area contributed by atoms with E-state index in [4.69, 9.17) is 4.52 Å². The molecule has 1 aliphatic rings. The highest BCUT2D eigenvalue weighted by Gasteiger charge is 2.25. The monoisotopic (exact) mass is 366 g/mol. The van der Waals surface area contributed by atoms with Crippen molar-refractivity contribution < 1.29 is 9.32 Å². The van der Waals surface area contributed by atoms with Crippen molar-refractivity contribution in [3.05, 3.63) is 48.6 Å². The molecule has 1 fully saturated rings.